The van der Waals surface area contributed by atoms with E-state index in [1.807, 2.05) is 26.0 Å². The van der Waals surface area contributed by atoms with Gasteiger partial charge in [0.25, 0.3) is 5.91 Å². The minimum absolute atomic E-state index is 0.0470. The standard InChI is InChI=1S/C20H24N2O6S/c1-3-14(2)22(15-10-11-29(25,26)13-15)19(23)12-27-20(24)9-8-18-21-16-6-4-5-7-17(16)28-18/h4-9,14-15H,3,10-13H2,1-2H3/b9-8+/t14-,15-/m1/s1. The third-order valence-corrected chi connectivity index (χ3v) is 6.72. The van der Waals surface area contributed by atoms with E-state index in [1.54, 1.807) is 17.0 Å². The van der Waals surface area contributed by atoms with Gasteiger partial charge < -0.3 is 14.1 Å². The van der Waals surface area contributed by atoms with Gasteiger partial charge in [0, 0.05) is 24.2 Å². The molecule has 0 radical (unpaired) electrons. The first-order valence-electron chi connectivity index (χ1n) is 9.51. The molecule has 1 aliphatic rings. The van der Waals surface area contributed by atoms with Gasteiger partial charge in [0.2, 0.25) is 5.89 Å². The molecule has 156 valence electrons. The van der Waals surface area contributed by atoms with Crippen LogP contribution in [0.15, 0.2) is 34.8 Å². The van der Waals surface area contributed by atoms with Gasteiger partial charge in [0.15, 0.2) is 22.0 Å². The highest BCUT2D eigenvalue weighted by atomic mass is 32.2. The topological polar surface area (TPSA) is 107 Å². The van der Waals surface area contributed by atoms with Crippen LogP contribution >= 0.6 is 0 Å². The molecule has 8 nitrogen and oxygen atoms in total. The van der Waals surface area contributed by atoms with Crippen molar-refractivity contribution in [1.82, 2.24) is 9.88 Å². The SMILES string of the molecule is CC[C@@H](C)N(C(=O)COC(=O)/C=C/c1nc2ccccc2o1)[C@@H]1CCS(=O)(=O)C1. The number of benzene rings is 1. The zero-order chi connectivity index (χ0) is 21.0. The van der Waals surface area contributed by atoms with Gasteiger partial charge in [0.1, 0.15) is 5.52 Å². The maximum atomic E-state index is 12.6. The van der Waals surface area contributed by atoms with Gasteiger partial charge in [-0.1, -0.05) is 19.1 Å². The Hall–Kier alpha value is -2.68. The molecule has 9 heteroatoms. The Kier molecular flexibility index (Phi) is 6.36. The average Bonchev–Trinajstić information content (AvgIpc) is 3.27. The highest BCUT2D eigenvalue weighted by Gasteiger charge is 2.36. The van der Waals surface area contributed by atoms with Crippen LogP contribution in [0.1, 0.15) is 32.6 Å². The van der Waals surface area contributed by atoms with E-state index in [9.17, 15) is 18.0 Å². The average molecular weight is 420 g/mol. The summed E-state index contributed by atoms with van der Waals surface area (Å²) in [6, 6.07) is 6.69. The van der Waals surface area contributed by atoms with E-state index >= 15 is 0 Å². The second-order valence-corrected chi connectivity index (χ2v) is 9.30. The molecule has 1 aliphatic heterocycles. The first-order valence-corrected chi connectivity index (χ1v) is 11.3. The van der Waals surface area contributed by atoms with E-state index in [0.717, 1.165) is 6.08 Å². The van der Waals surface area contributed by atoms with Crippen molar-refractivity contribution in [3.63, 3.8) is 0 Å². The summed E-state index contributed by atoms with van der Waals surface area (Å²) < 4.78 is 34.1. The van der Waals surface area contributed by atoms with Crippen molar-refractivity contribution in [3.8, 4) is 0 Å². The first kappa shape index (κ1) is 21.0. The summed E-state index contributed by atoms with van der Waals surface area (Å²) in [6.45, 7) is 3.33. The highest BCUT2D eigenvalue weighted by molar-refractivity contribution is 7.91. The molecule has 0 saturated carbocycles. The highest BCUT2D eigenvalue weighted by Crippen LogP contribution is 2.21. The van der Waals surface area contributed by atoms with Crippen LogP contribution in [-0.2, 0) is 24.2 Å². The Morgan fingerprint density at radius 3 is 2.79 bits per heavy atom. The summed E-state index contributed by atoms with van der Waals surface area (Å²) in [4.78, 5) is 30.4. The minimum atomic E-state index is -3.13. The summed E-state index contributed by atoms with van der Waals surface area (Å²) in [6.07, 6.45) is 3.60. The van der Waals surface area contributed by atoms with Gasteiger partial charge in [-0.05, 0) is 31.9 Å². The number of aromatic nitrogens is 1. The molecule has 3 rings (SSSR count). The number of esters is 1. The number of carbonyl (C=O) groups is 2. The zero-order valence-electron chi connectivity index (χ0n) is 16.4. The summed E-state index contributed by atoms with van der Waals surface area (Å²) in [5.41, 5.74) is 1.28. The zero-order valence-corrected chi connectivity index (χ0v) is 17.2. The van der Waals surface area contributed by atoms with Gasteiger partial charge in [-0.25, -0.2) is 18.2 Å². The third kappa shape index (κ3) is 5.23. The van der Waals surface area contributed by atoms with E-state index < -0.39 is 28.3 Å². The fourth-order valence-corrected chi connectivity index (χ4v) is 5.07. The molecular formula is C20H24N2O6S. The number of rotatable bonds is 7. The number of carbonyl (C=O) groups excluding carboxylic acids is 2. The Morgan fingerprint density at radius 2 is 2.14 bits per heavy atom. The molecule has 0 aliphatic carbocycles. The van der Waals surface area contributed by atoms with E-state index in [4.69, 9.17) is 9.15 Å². The van der Waals surface area contributed by atoms with Crippen molar-refractivity contribution in [3.05, 3.63) is 36.2 Å². The van der Waals surface area contributed by atoms with E-state index in [-0.39, 0.29) is 29.5 Å². The van der Waals surface area contributed by atoms with Crippen molar-refractivity contribution in [1.29, 1.82) is 0 Å². The van der Waals surface area contributed by atoms with E-state index in [1.165, 1.54) is 6.08 Å². The van der Waals surface area contributed by atoms with Gasteiger partial charge in [-0.15, -0.1) is 0 Å². The predicted octanol–water partition coefficient (Wildman–Crippen LogP) is 2.20. The predicted molar refractivity (Wildman–Crippen MR) is 108 cm³/mol. The number of para-hydroxylation sites is 2. The molecule has 1 saturated heterocycles. The molecule has 0 bridgehead atoms. The number of sulfone groups is 1. The second-order valence-electron chi connectivity index (χ2n) is 7.08. The van der Waals surface area contributed by atoms with Crippen LogP contribution in [0.2, 0.25) is 0 Å². The molecule has 1 amide bonds. The maximum Gasteiger partial charge on any atom is 0.331 e. The van der Waals surface area contributed by atoms with Crippen LogP contribution < -0.4 is 0 Å². The van der Waals surface area contributed by atoms with Crippen LogP contribution in [0, 0.1) is 0 Å². The first-order chi connectivity index (χ1) is 13.8. The second kappa shape index (κ2) is 8.77. The molecular weight excluding hydrogens is 396 g/mol. The number of ether oxygens (including phenoxy) is 1. The summed E-state index contributed by atoms with van der Waals surface area (Å²) in [7, 11) is -3.13. The van der Waals surface area contributed by atoms with Gasteiger partial charge in [-0.3, -0.25) is 4.79 Å². The van der Waals surface area contributed by atoms with E-state index in [2.05, 4.69) is 4.98 Å². The maximum absolute atomic E-state index is 12.6. The molecule has 1 aromatic carbocycles. The lowest BCUT2D eigenvalue weighted by atomic mass is 10.1. The number of fused-ring (bicyclic) bond motifs is 1. The van der Waals surface area contributed by atoms with Gasteiger partial charge in [-0.2, -0.15) is 0 Å². The molecule has 0 spiro atoms. The van der Waals surface area contributed by atoms with Gasteiger partial charge >= 0.3 is 5.97 Å². The molecule has 2 aromatic rings. The van der Waals surface area contributed by atoms with E-state index in [0.29, 0.717) is 23.9 Å². The largest absolute Gasteiger partial charge is 0.452 e. The Bertz CT molecular complexity index is 994. The van der Waals surface area contributed by atoms with Gasteiger partial charge in [0.05, 0.1) is 11.5 Å². The smallest absolute Gasteiger partial charge is 0.331 e. The van der Waals surface area contributed by atoms with Crippen LogP contribution in [0.25, 0.3) is 17.2 Å². The Morgan fingerprint density at radius 1 is 1.38 bits per heavy atom. The molecule has 0 unspecified atom stereocenters. The Labute approximate surface area is 169 Å². The Balaban J connectivity index is 1.59. The number of hydrogen-bond acceptors (Lipinski definition) is 7. The normalized spacial score (nSPS) is 19.4. The van der Waals surface area contributed by atoms with Crippen molar-refractivity contribution in [2.75, 3.05) is 18.1 Å². The number of nitrogens with zero attached hydrogens (tertiary/aromatic N) is 2. The lowest BCUT2D eigenvalue weighted by Gasteiger charge is -2.33. The summed E-state index contributed by atoms with van der Waals surface area (Å²) >= 11 is 0. The number of amides is 1. The summed E-state index contributed by atoms with van der Waals surface area (Å²) in [5, 5.41) is 0. The van der Waals surface area contributed by atoms with Crippen LogP contribution in [0.5, 0.6) is 0 Å². The molecule has 1 fully saturated rings. The third-order valence-electron chi connectivity index (χ3n) is 4.97. The van der Waals surface area contributed by atoms with Crippen LogP contribution in [0.4, 0.5) is 0 Å². The minimum Gasteiger partial charge on any atom is -0.452 e. The lowest BCUT2D eigenvalue weighted by molar-refractivity contribution is -0.150. The molecule has 0 N–H and O–H groups in total. The van der Waals surface area contributed by atoms with Crippen molar-refractivity contribution in [2.45, 2.75) is 38.8 Å². The number of hydrogen-bond donors (Lipinski definition) is 0. The fraction of sp³-hybridized carbons (Fsp3) is 0.450. The van der Waals surface area contributed by atoms with Crippen LogP contribution in [0.3, 0.4) is 0 Å². The van der Waals surface area contributed by atoms with Crippen LogP contribution in [-0.4, -0.2) is 60.4 Å². The molecule has 1 aromatic heterocycles. The fourth-order valence-electron chi connectivity index (χ4n) is 3.36. The summed E-state index contributed by atoms with van der Waals surface area (Å²) in [5.74, 6) is -0.819. The quantitative estimate of drug-likeness (QED) is 0.499. The van der Waals surface area contributed by atoms with Crippen molar-refractivity contribution < 1.29 is 27.2 Å². The monoisotopic (exact) mass is 420 g/mol. The lowest BCUT2D eigenvalue weighted by Crippen LogP contribution is -2.48. The molecule has 2 heterocycles. The molecule has 29 heavy (non-hydrogen) atoms. The number of oxazole rings is 1. The van der Waals surface area contributed by atoms with Crippen molar-refractivity contribution in [2.24, 2.45) is 0 Å². The molecule has 2 atom stereocenters. The van der Waals surface area contributed by atoms with Crippen molar-refractivity contribution >= 4 is 38.9 Å².